The number of anilines is 3. The van der Waals surface area contributed by atoms with E-state index in [-0.39, 0.29) is 0 Å². The smallest absolute Gasteiger partial charge is 0.159 e. The molecule has 3 heterocycles. The standard InChI is InChI=1S/C54H34N2OS/c1-3-14-35(15-4-1)37-26-29-39(30-27-37)55(49-23-13-21-44-42-19-8-11-24-51(42)57-53(44)49)50-34-40(33-46-43-20-9-12-25-52(43)58-54(46)50)56-47-22-10-7-18-41(47)45-32-38(28-31-48(45)56)36-16-5-2-6-17-36/h1-34H. The normalized spacial score (nSPS) is 11.8. The molecule has 0 aliphatic rings. The zero-order valence-electron chi connectivity index (χ0n) is 31.3. The maximum atomic E-state index is 6.79. The summed E-state index contributed by atoms with van der Waals surface area (Å²) in [6.45, 7) is 0. The zero-order valence-corrected chi connectivity index (χ0v) is 32.2. The van der Waals surface area contributed by atoms with E-state index in [1.54, 1.807) is 0 Å². The maximum absolute atomic E-state index is 6.79. The van der Waals surface area contributed by atoms with Crippen LogP contribution in [0.5, 0.6) is 0 Å². The Balaban J connectivity index is 1.17. The summed E-state index contributed by atoms with van der Waals surface area (Å²) in [6, 6.07) is 74.4. The van der Waals surface area contributed by atoms with Crippen LogP contribution < -0.4 is 4.90 Å². The fourth-order valence-electron chi connectivity index (χ4n) is 8.90. The Morgan fingerprint density at radius 2 is 1.02 bits per heavy atom. The van der Waals surface area contributed by atoms with Crippen LogP contribution >= 0.6 is 11.3 Å². The molecule has 272 valence electrons. The van der Waals surface area contributed by atoms with E-state index in [2.05, 4.69) is 210 Å². The SMILES string of the molecule is c1ccc(-c2ccc(N(c3cccc4c3oc3ccccc34)c3cc(-n4c5ccccc5c5cc(-c6ccccc6)ccc54)cc4c3sc3ccccc34)cc2)cc1. The third-order valence-electron chi connectivity index (χ3n) is 11.6. The van der Waals surface area contributed by atoms with Crippen LogP contribution in [0.4, 0.5) is 17.1 Å². The van der Waals surface area contributed by atoms with Gasteiger partial charge in [-0.05, 0) is 82.9 Å². The molecule has 58 heavy (non-hydrogen) atoms. The molecule has 0 bridgehead atoms. The molecule has 0 radical (unpaired) electrons. The van der Waals surface area contributed by atoms with Gasteiger partial charge in [-0.1, -0.05) is 146 Å². The van der Waals surface area contributed by atoms with Gasteiger partial charge in [-0.15, -0.1) is 11.3 Å². The van der Waals surface area contributed by atoms with Crippen LogP contribution in [0.25, 0.3) is 91.9 Å². The summed E-state index contributed by atoms with van der Waals surface area (Å²) in [5, 5.41) is 7.14. The van der Waals surface area contributed by atoms with Crippen molar-refractivity contribution >= 4 is 92.3 Å². The van der Waals surface area contributed by atoms with Crippen LogP contribution in [0.2, 0.25) is 0 Å². The van der Waals surface area contributed by atoms with Gasteiger partial charge in [-0.2, -0.15) is 0 Å². The minimum atomic E-state index is 0.862. The van der Waals surface area contributed by atoms with Gasteiger partial charge < -0.3 is 13.9 Å². The Bertz CT molecular complexity index is 3500. The van der Waals surface area contributed by atoms with E-state index in [1.807, 2.05) is 17.4 Å². The number of hydrogen-bond acceptors (Lipinski definition) is 3. The van der Waals surface area contributed by atoms with Gasteiger partial charge in [0.2, 0.25) is 0 Å². The minimum Gasteiger partial charge on any atom is -0.454 e. The minimum absolute atomic E-state index is 0.862. The first-order chi connectivity index (χ1) is 28.8. The average molecular weight is 759 g/mol. The lowest BCUT2D eigenvalue weighted by Crippen LogP contribution is -2.11. The van der Waals surface area contributed by atoms with Crippen molar-refractivity contribution in [1.29, 1.82) is 0 Å². The van der Waals surface area contributed by atoms with E-state index >= 15 is 0 Å². The third kappa shape index (κ3) is 5.12. The summed E-state index contributed by atoms with van der Waals surface area (Å²) in [4.78, 5) is 2.42. The molecule has 0 saturated heterocycles. The number of nitrogens with zero attached hydrogens (tertiary/aromatic N) is 2. The second kappa shape index (κ2) is 13.1. The van der Waals surface area contributed by atoms with Gasteiger partial charge in [0.15, 0.2) is 5.58 Å². The van der Waals surface area contributed by atoms with Crippen molar-refractivity contribution < 1.29 is 4.42 Å². The number of benzene rings is 9. The second-order valence-electron chi connectivity index (χ2n) is 14.9. The Hall–Kier alpha value is -7.40. The highest BCUT2D eigenvalue weighted by molar-refractivity contribution is 7.26. The van der Waals surface area contributed by atoms with Crippen LogP contribution in [0.3, 0.4) is 0 Å². The molecule has 0 amide bonds. The van der Waals surface area contributed by atoms with Crippen molar-refractivity contribution in [2.75, 3.05) is 4.90 Å². The van der Waals surface area contributed by atoms with Crippen molar-refractivity contribution in [1.82, 2.24) is 4.57 Å². The summed E-state index contributed by atoms with van der Waals surface area (Å²) in [7, 11) is 0. The van der Waals surface area contributed by atoms with E-state index in [0.717, 1.165) is 44.7 Å². The van der Waals surface area contributed by atoms with Crippen molar-refractivity contribution in [2.45, 2.75) is 0 Å². The number of aromatic nitrogens is 1. The molecular weight excluding hydrogens is 725 g/mol. The predicted molar refractivity (Wildman–Crippen MR) is 247 cm³/mol. The number of rotatable bonds is 6. The predicted octanol–water partition coefficient (Wildman–Crippen LogP) is 15.9. The van der Waals surface area contributed by atoms with Crippen LogP contribution in [0.1, 0.15) is 0 Å². The molecule has 12 aromatic rings. The van der Waals surface area contributed by atoms with Crippen molar-refractivity contribution in [2.24, 2.45) is 0 Å². The maximum Gasteiger partial charge on any atom is 0.159 e. The van der Waals surface area contributed by atoms with Crippen LogP contribution in [0, 0.1) is 0 Å². The first-order valence-corrected chi connectivity index (χ1v) is 20.5. The number of fused-ring (bicyclic) bond motifs is 9. The highest BCUT2D eigenvalue weighted by Crippen LogP contribution is 2.49. The molecule has 0 fully saturated rings. The van der Waals surface area contributed by atoms with E-state index in [9.17, 15) is 0 Å². The summed E-state index contributed by atoms with van der Waals surface area (Å²) >= 11 is 1.85. The molecule has 3 aromatic heterocycles. The number of furan rings is 1. The van der Waals surface area contributed by atoms with Crippen molar-refractivity contribution in [3.8, 4) is 27.9 Å². The van der Waals surface area contributed by atoms with Crippen LogP contribution in [-0.2, 0) is 0 Å². The van der Waals surface area contributed by atoms with Crippen molar-refractivity contribution in [3.05, 3.63) is 206 Å². The molecule has 9 aromatic carbocycles. The number of hydrogen-bond donors (Lipinski definition) is 0. The average Bonchev–Trinajstić information content (AvgIpc) is 3.97. The molecule has 0 aliphatic carbocycles. The van der Waals surface area contributed by atoms with Crippen LogP contribution in [-0.4, -0.2) is 4.57 Å². The Kier molecular flexibility index (Phi) is 7.40. The number of para-hydroxylation sites is 3. The lowest BCUT2D eigenvalue weighted by Gasteiger charge is -2.27. The van der Waals surface area contributed by atoms with Gasteiger partial charge in [0.25, 0.3) is 0 Å². The highest BCUT2D eigenvalue weighted by Gasteiger charge is 2.25. The third-order valence-corrected chi connectivity index (χ3v) is 12.8. The molecule has 0 N–H and O–H groups in total. The second-order valence-corrected chi connectivity index (χ2v) is 15.9. The van der Waals surface area contributed by atoms with Gasteiger partial charge in [0, 0.05) is 48.4 Å². The molecule has 4 heteroatoms. The molecule has 12 rings (SSSR count). The monoisotopic (exact) mass is 758 g/mol. The molecule has 0 spiro atoms. The van der Waals surface area contributed by atoms with Gasteiger partial charge in [0.1, 0.15) is 5.58 Å². The van der Waals surface area contributed by atoms with E-state index in [1.165, 1.54) is 64.2 Å². The molecule has 0 atom stereocenters. The van der Waals surface area contributed by atoms with Gasteiger partial charge >= 0.3 is 0 Å². The Labute approximate surface area is 338 Å². The van der Waals surface area contributed by atoms with Crippen molar-refractivity contribution in [3.63, 3.8) is 0 Å². The molecule has 0 saturated carbocycles. The summed E-state index contributed by atoms with van der Waals surface area (Å²) in [6.07, 6.45) is 0. The van der Waals surface area contributed by atoms with Gasteiger partial charge in [0.05, 0.1) is 27.1 Å². The molecule has 3 nitrogen and oxygen atoms in total. The van der Waals surface area contributed by atoms with E-state index in [0.29, 0.717) is 0 Å². The zero-order chi connectivity index (χ0) is 38.2. The molecule has 0 aliphatic heterocycles. The number of thiophene rings is 1. The molecular formula is C54H34N2OS. The molecule has 0 unspecified atom stereocenters. The fraction of sp³-hybridized carbons (Fsp3) is 0. The lowest BCUT2D eigenvalue weighted by atomic mass is 10.0. The van der Waals surface area contributed by atoms with Gasteiger partial charge in [-0.3, -0.25) is 0 Å². The lowest BCUT2D eigenvalue weighted by molar-refractivity contribution is 0.669. The first-order valence-electron chi connectivity index (χ1n) is 19.7. The quantitative estimate of drug-likeness (QED) is 0.168. The summed E-state index contributed by atoms with van der Waals surface area (Å²) in [5.41, 5.74) is 13.1. The van der Waals surface area contributed by atoms with Gasteiger partial charge in [-0.25, -0.2) is 0 Å². The first kappa shape index (κ1) is 32.8. The van der Waals surface area contributed by atoms with E-state index < -0.39 is 0 Å². The highest BCUT2D eigenvalue weighted by atomic mass is 32.1. The Morgan fingerprint density at radius 1 is 0.397 bits per heavy atom. The largest absolute Gasteiger partial charge is 0.454 e. The fourth-order valence-corrected chi connectivity index (χ4v) is 10.1. The summed E-state index contributed by atoms with van der Waals surface area (Å²) in [5.74, 6) is 0. The topological polar surface area (TPSA) is 21.3 Å². The Morgan fingerprint density at radius 3 is 1.83 bits per heavy atom. The summed E-state index contributed by atoms with van der Waals surface area (Å²) < 4.78 is 11.7. The van der Waals surface area contributed by atoms with E-state index in [4.69, 9.17) is 4.42 Å². The van der Waals surface area contributed by atoms with Crippen LogP contribution in [0.15, 0.2) is 211 Å².